The van der Waals surface area contributed by atoms with E-state index in [9.17, 15) is 10.1 Å². The number of hydrogen-bond acceptors (Lipinski definition) is 5. The van der Waals surface area contributed by atoms with E-state index in [0.717, 1.165) is 47.5 Å². The molecule has 7 heteroatoms. The number of nitriles is 1. The number of fused-ring (bicyclic) bond motifs is 1. The molecular formula is C21H18ClN3OS2. The number of aromatic nitrogens is 1. The standard InChI is InChI=1S/C21H18ClN3OS2/c22-14-5-3-4-13(8-14)9-20-24-15(12-27-20)10-19(26)25-21-17(11-23)16-6-1-2-7-18(16)28-21/h3-5,8,12H,1-2,6-7,9-10H2,(H,25,26). The van der Waals surface area contributed by atoms with Crippen LogP contribution in [0.15, 0.2) is 29.6 Å². The maximum absolute atomic E-state index is 12.5. The third-order valence-corrected chi connectivity index (χ3v) is 7.06. The number of rotatable bonds is 5. The van der Waals surface area contributed by atoms with Gasteiger partial charge in [-0.2, -0.15) is 5.26 Å². The molecule has 0 saturated heterocycles. The fourth-order valence-corrected chi connectivity index (χ4v) is 5.74. The van der Waals surface area contributed by atoms with Gasteiger partial charge < -0.3 is 5.32 Å². The number of nitrogens with zero attached hydrogens (tertiary/aromatic N) is 2. The number of amides is 1. The lowest BCUT2D eigenvalue weighted by atomic mass is 9.96. The van der Waals surface area contributed by atoms with Gasteiger partial charge in [0.15, 0.2) is 0 Å². The maximum atomic E-state index is 12.5. The molecule has 4 rings (SSSR count). The van der Waals surface area contributed by atoms with E-state index in [1.54, 1.807) is 22.7 Å². The van der Waals surface area contributed by atoms with Gasteiger partial charge in [0, 0.05) is 21.7 Å². The van der Waals surface area contributed by atoms with Gasteiger partial charge in [-0.1, -0.05) is 23.7 Å². The molecule has 2 aromatic heterocycles. The van der Waals surface area contributed by atoms with Crippen molar-refractivity contribution in [3.63, 3.8) is 0 Å². The van der Waals surface area contributed by atoms with Crippen LogP contribution in [0.3, 0.4) is 0 Å². The molecule has 0 fully saturated rings. The van der Waals surface area contributed by atoms with Crippen LogP contribution in [0.1, 0.15) is 45.1 Å². The van der Waals surface area contributed by atoms with Crippen molar-refractivity contribution in [2.24, 2.45) is 0 Å². The Morgan fingerprint density at radius 2 is 2.18 bits per heavy atom. The minimum Gasteiger partial charge on any atom is -0.316 e. The average Bonchev–Trinajstić information content (AvgIpc) is 3.25. The Labute approximate surface area is 176 Å². The second-order valence-corrected chi connectivity index (χ2v) is 9.28. The molecule has 3 aromatic rings. The summed E-state index contributed by atoms with van der Waals surface area (Å²) in [6.07, 6.45) is 5.11. The fraction of sp³-hybridized carbons (Fsp3) is 0.286. The first-order chi connectivity index (χ1) is 13.6. The van der Waals surface area contributed by atoms with Crippen molar-refractivity contribution in [1.82, 2.24) is 4.98 Å². The minimum atomic E-state index is -0.130. The average molecular weight is 428 g/mol. The number of halogens is 1. The molecule has 0 spiro atoms. The Hall–Kier alpha value is -2.20. The molecule has 1 amide bonds. The summed E-state index contributed by atoms with van der Waals surface area (Å²) in [7, 11) is 0. The van der Waals surface area contributed by atoms with Crippen molar-refractivity contribution in [3.8, 4) is 6.07 Å². The van der Waals surface area contributed by atoms with Crippen LogP contribution >= 0.6 is 34.3 Å². The molecule has 1 aliphatic rings. The van der Waals surface area contributed by atoms with E-state index in [-0.39, 0.29) is 12.3 Å². The molecular weight excluding hydrogens is 410 g/mol. The van der Waals surface area contributed by atoms with Gasteiger partial charge in [-0.05, 0) is 48.9 Å². The number of thiazole rings is 1. The van der Waals surface area contributed by atoms with E-state index in [4.69, 9.17) is 11.6 Å². The molecule has 0 unspecified atom stereocenters. The summed E-state index contributed by atoms with van der Waals surface area (Å²) < 4.78 is 0. The van der Waals surface area contributed by atoms with Crippen LogP contribution in [-0.2, 0) is 30.5 Å². The summed E-state index contributed by atoms with van der Waals surface area (Å²) in [6, 6.07) is 10.00. The van der Waals surface area contributed by atoms with Gasteiger partial charge in [0.25, 0.3) is 0 Å². The quantitative estimate of drug-likeness (QED) is 0.594. The van der Waals surface area contributed by atoms with E-state index in [1.165, 1.54) is 4.88 Å². The summed E-state index contributed by atoms with van der Waals surface area (Å²) in [4.78, 5) is 18.3. The van der Waals surface area contributed by atoms with E-state index < -0.39 is 0 Å². The second kappa shape index (κ2) is 8.44. The van der Waals surface area contributed by atoms with E-state index >= 15 is 0 Å². The first kappa shape index (κ1) is 19.1. The Morgan fingerprint density at radius 3 is 3.00 bits per heavy atom. The summed E-state index contributed by atoms with van der Waals surface area (Å²) in [5, 5.41) is 16.7. The Kier molecular flexibility index (Phi) is 5.77. The molecule has 0 bridgehead atoms. The molecule has 28 heavy (non-hydrogen) atoms. The van der Waals surface area contributed by atoms with Crippen molar-refractivity contribution in [2.75, 3.05) is 5.32 Å². The van der Waals surface area contributed by atoms with Crippen LogP contribution in [0.25, 0.3) is 0 Å². The van der Waals surface area contributed by atoms with Crippen LogP contribution in [-0.4, -0.2) is 10.9 Å². The molecule has 0 saturated carbocycles. The number of benzene rings is 1. The van der Waals surface area contributed by atoms with Crippen molar-refractivity contribution in [2.45, 2.75) is 38.5 Å². The molecule has 0 aliphatic heterocycles. The zero-order chi connectivity index (χ0) is 19.5. The lowest BCUT2D eigenvalue weighted by molar-refractivity contribution is -0.115. The maximum Gasteiger partial charge on any atom is 0.231 e. The second-order valence-electron chi connectivity index (χ2n) is 6.79. The van der Waals surface area contributed by atoms with Crippen molar-refractivity contribution >= 4 is 45.2 Å². The van der Waals surface area contributed by atoms with Gasteiger partial charge in [0.1, 0.15) is 11.1 Å². The van der Waals surface area contributed by atoms with Crippen molar-refractivity contribution in [1.29, 1.82) is 5.26 Å². The first-order valence-corrected chi connectivity index (χ1v) is 11.2. The first-order valence-electron chi connectivity index (χ1n) is 9.14. The van der Waals surface area contributed by atoms with Crippen LogP contribution in [0.2, 0.25) is 5.02 Å². The topological polar surface area (TPSA) is 65.8 Å². The summed E-state index contributed by atoms with van der Waals surface area (Å²) >= 11 is 9.13. The third kappa shape index (κ3) is 4.27. The molecule has 1 aromatic carbocycles. The van der Waals surface area contributed by atoms with Crippen LogP contribution in [0.5, 0.6) is 0 Å². The van der Waals surface area contributed by atoms with Crippen LogP contribution in [0.4, 0.5) is 5.00 Å². The molecule has 2 heterocycles. The van der Waals surface area contributed by atoms with Crippen molar-refractivity contribution in [3.05, 3.63) is 66.9 Å². The van der Waals surface area contributed by atoms with Gasteiger partial charge in [-0.3, -0.25) is 4.79 Å². The van der Waals surface area contributed by atoms with Crippen LogP contribution in [0, 0.1) is 11.3 Å². The zero-order valence-electron chi connectivity index (χ0n) is 15.1. The Morgan fingerprint density at radius 1 is 1.32 bits per heavy atom. The highest BCUT2D eigenvalue weighted by atomic mass is 35.5. The summed E-state index contributed by atoms with van der Waals surface area (Å²) in [6.45, 7) is 0. The van der Waals surface area contributed by atoms with E-state index in [1.807, 2.05) is 29.6 Å². The van der Waals surface area contributed by atoms with E-state index in [0.29, 0.717) is 22.0 Å². The number of anilines is 1. The normalized spacial score (nSPS) is 13.0. The predicted molar refractivity (Wildman–Crippen MR) is 114 cm³/mol. The largest absolute Gasteiger partial charge is 0.316 e. The smallest absolute Gasteiger partial charge is 0.231 e. The Balaban J connectivity index is 1.42. The molecule has 1 N–H and O–H groups in total. The predicted octanol–water partition coefficient (Wildman–Crippen LogP) is 5.38. The number of nitrogens with one attached hydrogen (secondary N) is 1. The highest BCUT2D eigenvalue weighted by molar-refractivity contribution is 7.16. The van der Waals surface area contributed by atoms with Gasteiger partial charge in [0.2, 0.25) is 5.91 Å². The molecule has 0 radical (unpaired) electrons. The van der Waals surface area contributed by atoms with Gasteiger partial charge >= 0.3 is 0 Å². The number of thiophene rings is 1. The lowest BCUT2D eigenvalue weighted by Crippen LogP contribution is -2.14. The SMILES string of the molecule is N#Cc1c(NC(=O)Cc2csc(Cc3cccc(Cl)c3)n2)sc2c1CCCC2. The number of carbonyl (C=O) groups is 1. The molecule has 142 valence electrons. The Bertz CT molecular complexity index is 1060. The summed E-state index contributed by atoms with van der Waals surface area (Å²) in [5.74, 6) is -0.130. The highest BCUT2D eigenvalue weighted by Gasteiger charge is 2.22. The zero-order valence-corrected chi connectivity index (χ0v) is 17.5. The summed E-state index contributed by atoms with van der Waals surface area (Å²) in [5.41, 5.74) is 3.62. The number of carbonyl (C=O) groups excluding carboxylic acids is 1. The van der Waals surface area contributed by atoms with Crippen molar-refractivity contribution < 1.29 is 4.79 Å². The lowest BCUT2D eigenvalue weighted by Gasteiger charge is -2.09. The number of aryl methyl sites for hydroxylation is 1. The monoisotopic (exact) mass is 427 g/mol. The van der Waals surface area contributed by atoms with Gasteiger partial charge in [-0.25, -0.2) is 4.98 Å². The third-order valence-electron chi connectivity index (χ3n) is 4.72. The van der Waals surface area contributed by atoms with Crippen LogP contribution < -0.4 is 5.32 Å². The minimum absolute atomic E-state index is 0.130. The molecule has 0 atom stereocenters. The highest BCUT2D eigenvalue weighted by Crippen LogP contribution is 2.37. The van der Waals surface area contributed by atoms with Gasteiger partial charge in [0.05, 0.1) is 22.7 Å². The van der Waals surface area contributed by atoms with Gasteiger partial charge in [-0.15, -0.1) is 22.7 Å². The number of hydrogen-bond donors (Lipinski definition) is 1. The molecule has 1 aliphatic carbocycles. The van der Waals surface area contributed by atoms with E-state index in [2.05, 4.69) is 16.4 Å². The fourth-order valence-electron chi connectivity index (χ4n) is 3.44. The molecule has 4 nitrogen and oxygen atoms in total.